The van der Waals surface area contributed by atoms with Gasteiger partial charge in [0, 0.05) is 6.10 Å². The summed E-state index contributed by atoms with van der Waals surface area (Å²) >= 11 is 0. The molecule has 4 rings (SSSR count). The van der Waals surface area contributed by atoms with Gasteiger partial charge in [0.15, 0.2) is 48.1 Å². The predicted molar refractivity (Wildman–Crippen MR) is 285 cm³/mol. The van der Waals surface area contributed by atoms with E-state index in [1.54, 1.807) is 0 Å². The molecule has 4 aliphatic rings. The summed E-state index contributed by atoms with van der Waals surface area (Å²) in [7, 11) is -34.5. The van der Waals surface area contributed by atoms with Gasteiger partial charge in [-0.1, -0.05) is 0 Å². The van der Waals surface area contributed by atoms with Gasteiger partial charge in [0.25, 0.3) is 92.8 Å². The van der Waals surface area contributed by atoms with Crippen molar-refractivity contribution in [1.29, 1.82) is 0 Å². The Balaban J connectivity index is 1.44. The average molecular weight is 1210 g/mol. The minimum absolute atomic E-state index is 0.173. The molecule has 0 aliphatic carbocycles. The van der Waals surface area contributed by atoms with Crippen molar-refractivity contribution >= 4 is 187 Å². The maximum absolute atomic E-state index is 6.97. The molecule has 0 N–H and O–H groups in total. The molecule has 0 aromatic rings. The molecule has 10 atom stereocenters. The van der Waals surface area contributed by atoms with Gasteiger partial charge >= 0.3 is 46.2 Å². The van der Waals surface area contributed by atoms with E-state index in [0.717, 1.165) is 54.4 Å². The van der Waals surface area contributed by atoms with E-state index >= 15 is 0 Å². The second-order valence-electron chi connectivity index (χ2n) is 15.8. The van der Waals surface area contributed by atoms with Crippen molar-refractivity contribution in [3.63, 3.8) is 0 Å². The summed E-state index contributed by atoms with van der Waals surface area (Å²) in [4.78, 5) is 0. The van der Waals surface area contributed by atoms with Crippen LogP contribution < -0.4 is 0 Å². The molecule has 10 unspecified atom stereocenters. The molecule has 360 valence electrons. The van der Waals surface area contributed by atoms with Crippen molar-refractivity contribution in [3.8, 4) is 0 Å². The second kappa shape index (κ2) is 31.0. The Labute approximate surface area is 401 Å². The van der Waals surface area contributed by atoms with Crippen LogP contribution in [0.1, 0.15) is 6.92 Å². The molecule has 0 aromatic heterocycles. The van der Waals surface area contributed by atoms with Crippen LogP contribution in [0.15, 0.2) is 0 Å². The van der Waals surface area contributed by atoms with Crippen LogP contribution in [0.4, 0.5) is 0 Å². The Kier molecular flexibility index (Phi) is 29.1. The van der Waals surface area contributed by atoms with Crippen LogP contribution in [0.3, 0.4) is 0 Å². The summed E-state index contributed by atoms with van der Waals surface area (Å²) in [6.07, 6.45) is 0.173. The maximum Gasteiger partial charge on any atom is 0.635 e. The zero-order chi connectivity index (χ0) is 44.4. The Bertz CT molecular complexity index is 970. The molecule has 0 saturated carbocycles. The quantitative estimate of drug-likeness (QED) is 0.0850. The van der Waals surface area contributed by atoms with Gasteiger partial charge in [-0.2, -0.15) is 0 Å². The van der Waals surface area contributed by atoms with Crippen LogP contribution in [0.25, 0.3) is 0 Å². The van der Waals surface area contributed by atoms with Crippen molar-refractivity contribution in [3.05, 3.63) is 0 Å². The zero-order valence-electron chi connectivity index (χ0n) is 38.7. The molecular formula is C22H78O19Si20. The molecule has 0 spiro atoms. The summed E-state index contributed by atoms with van der Waals surface area (Å²) < 4.78 is 123. The lowest BCUT2D eigenvalue weighted by molar-refractivity contribution is 0.172. The second-order valence-corrected chi connectivity index (χ2v) is 60.5. The van der Waals surface area contributed by atoms with Gasteiger partial charge < -0.3 is 78.5 Å². The van der Waals surface area contributed by atoms with Crippen LogP contribution in [0, 0.1) is 0 Å². The Morgan fingerprint density at radius 2 is 0.623 bits per heavy atom. The fourth-order valence-corrected chi connectivity index (χ4v) is 73.0. The van der Waals surface area contributed by atoms with Crippen LogP contribution in [0.5, 0.6) is 0 Å². The van der Waals surface area contributed by atoms with Gasteiger partial charge in [-0.15, -0.1) is 0 Å². The number of hydrogen-bond acceptors (Lipinski definition) is 19. The Morgan fingerprint density at radius 3 is 0.934 bits per heavy atom. The Hall–Kier alpha value is 3.58. The summed E-state index contributed by atoms with van der Waals surface area (Å²) in [5.41, 5.74) is 0. The minimum Gasteiger partial charge on any atom is -0.441 e. The predicted octanol–water partition coefficient (Wildman–Crippen LogP) is -4.07. The number of hydrogen-bond donors (Lipinski definition) is 0. The maximum atomic E-state index is 6.97. The summed E-state index contributed by atoms with van der Waals surface area (Å²) in [5, 5.41) is 0. The Morgan fingerprint density at radius 1 is 0.377 bits per heavy atom. The van der Waals surface area contributed by atoms with Crippen LogP contribution in [0.2, 0.25) is 126 Å². The van der Waals surface area contributed by atoms with Crippen molar-refractivity contribution in [2.45, 2.75) is 139 Å². The van der Waals surface area contributed by atoms with Gasteiger partial charge in [-0.3, -0.25) is 0 Å². The average Bonchev–Trinajstić information content (AvgIpc) is 3.12. The smallest absolute Gasteiger partial charge is 0.441 e. The standard InChI is InChI=1S/C22H78O19Si20/c1-22-21-46(2)28-47(3)35-57(23-22)17-13-42-24-61(25-43-14-18-58-36-51(7)29-48(4)30-52(8)37-58,26-44-15-19-59-38-53(9)31-49(5)32-54(10)39-59)27-45-16-20-60-40-55(11)33-50(6)34-56(12)41-60/h22,46-60H,13-21,42-45H2,1-12H3. The summed E-state index contributed by atoms with van der Waals surface area (Å²) in [6, 6.07) is 8.01. The van der Waals surface area contributed by atoms with E-state index in [-0.39, 0.29) is 6.10 Å². The van der Waals surface area contributed by atoms with E-state index in [2.05, 4.69) is 78.9 Å². The van der Waals surface area contributed by atoms with Crippen LogP contribution in [-0.4, -0.2) is 193 Å². The molecule has 4 saturated heterocycles. The highest BCUT2D eigenvalue weighted by Crippen LogP contribution is 2.21. The third-order valence-electron chi connectivity index (χ3n) is 9.63. The lowest BCUT2D eigenvalue weighted by Crippen LogP contribution is -2.53. The first kappa shape index (κ1) is 57.2. The van der Waals surface area contributed by atoms with Gasteiger partial charge in [0.2, 0.25) is 0 Å². The number of rotatable bonds is 20. The fourth-order valence-electron chi connectivity index (χ4n) is 7.31. The third kappa shape index (κ3) is 24.3. The van der Waals surface area contributed by atoms with Gasteiger partial charge in [0.1, 0.15) is 0 Å². The van der Waals surface area contributed by atoms with E-state index in [1.165, 1.54) is 0 Å². The largest absolute Gasteiger partial charge is 0.635 e. The topological polar surface area (TPSA) is 175 Å². The van der Waals surface area contributed by atoms with E-state index < -0.39 is 187 Å². The third-order valence-corrected chi connectivity index (χ3v) is 71.2. The SMILES string of the molecule is CC1C[SiH](C)O[SiH](C)O[SiH](CC[SiH2]O[Si](O[SiH2]CC[SiH]2O[SiH](C)O[SiH](C)O[SiH](C)O2)(O[SiH2]CC[SiH]2O[SiH](C)O[SiH](C)O[SiH](C)O2)O[SiH2]CC[SiH]2O[SiH](C)O[SiH](C)O[SiH](C)O2)O1. The van der Waals surface area contributed by atoms with Crippen molar-refractivity contribution in [2.24, 2.45) is 0 Å². The highest BCUT2D eigenvalue weighted by molar-refractivity contribution is 6.77. The fraction of sp³-hybridized carbons (Fsp3) is 1.00. The lowest BCUT2D eigenvalue weighted by atomic mass is 10.5. The first-order chi connectivity index (χ1) is 29.0. The van der Waals surface area contributed by atoms with E-state index in [0.29, 0.717) is 0 Å². The van der Waals surface area contributed by atoms with Crippen LogP contribution in [-0.2, 0) is 78.5 Å². The van der Waals surface area contributed by atoms with Crippen molar-refractivity contribution < 1.29 is 78.5 Å². The van der Waals surface area contributed by atoms with Gasteiger partial charge in [-0.25, -0.2) is 0 Å². The van der Waals surface area contributed by atoms with E-state index in [9.17, 15) is 0 Å². The summed E-state index contributed by atoms with van der Waals surface area (Å²) in [6.45, 7) is 25.2. The van der Waals surface area contributed by atoms with E-state index in [1.807, 2.05) is 0 Å². The molecule has 4 fully saturated rings. The molecule has 4 heterocycles. The molecular weight excluding hydrogens is 1130 g/mol. The molecule has 19 nitrogen and oxygen atoms in total. The minimum atomic E-state index is -3.47. The summed E-state index contributed by atoms with van der Waals surface area (Å²) in [5.74, 6) is 0. The molecule has 0 aromatic carbocycles. The lowest BCUT2D eigenvalue weighted by Gasteiger charge is -2.33. The van der Waals surface area contributed by atoms with E-state index in [4.69, 9.17) is 78.5 Å². The monoisotopic (exact) mass is 1210 g/mol. The molecule has 4 aliphatic heterocycles. The molecule has 61 heavy (non-hydrogen) atoms. The molecule has 0 amide bonds. The highest BCUT2D eigenvalue weighted by Gasteiger charge is 2.44. The molecule has 0 radical (unpaired) electrons. The molecule has 39 heteroatoms. The first-order valence-electron chi connectivity index (χ1n) is 22.4. The first-order valence-corrected chi connectivity index (χ1v) is 60.8. The normalized spacial score (nSPS) is 40.7. The van der Waals surface area contributed by atoms with Gasteiger partial charge in [0.05, 0.1) is 0 Å². The van der Waals surface area contributed by atoms with Crippen molar-refractivity contribution in [2.75, 3.05) is 0 Å². The molecule has 0 bridgehead atoms. The van der Waals surface area contributed by atoms with Crippen LogP contribution >= 0.6 is 0 Å². The zero-order valence-corrected chi connectivity index (χ0v) is 62.7. The highest BCUT2D eigenvalue weighted by atomic mass is 28.5. The van der Waals surface area contributed by atoms with Gasteiger partial charge in [-0.05, 0) is 133 Å². The van der Waals surface area contributed by atoms with Crippen molar-refractivity contribution in [1.82, 2.24) is 0 Å².